The molecule has 2 amide bonds. The first-order chi connectivity index (χ1) is 7.57. The van der Waals surface area contributed by atoms with E-state index in [1.165, 1.54) is 0 Å². The zero-order chi connectivity index (χ0) is 12.1. The summed E-state index contributed by atoms with van der Waals surface area (Å²) in [6, 6.07) is 8.80. The van der Waals surface area contributed by atoms with Crippen LogP contribution in [0.15, 0.2) is 35.9 Å². The van der Waals surface area contributed by atoms with Crippen molar-refractivity contribution in [1.29, 1.82) is 0 Å². The molecule has 0 aliphatic heterocycles. The molecule has 0 aromatic heterocycles. The van der Waals surface area contributed by atoms with Gasteiger partial charge >= 0.3 is 0 Å². The van der Waals surface area contributed by atoms with Crippen LogP contribution in [-0.4, -0.2) is 11.8 Å². The lowest BCUT2D eigenvalue weighted by Gasteiger charge is -2.08. The van der Waals surface area contributed by atoms with E-state index >= 15 is 0 Å². The second kappa shape index (κ2) is 5.11. The van der Waals surface area contributed by atoms with E-state index in [0.717, 1.165) is 0 Å². The molecule has 16 heavy (non-hydrogen) atoms. The van der Waals surface area contributed by atoms with E-state index in [-0.39, 0.29) is 11.1 Å². The first kappa shape index (κ1) is 12.0. The Kier molecular flexibility index (Phi) is 3.83. The summed E-state index contributed by atoms with van der Waals surface area (Å²) in [4.78, 5) is 22.6. The number of hydrogen-bond donors (Lipinski definition) is 2. The average molecular weight is 218 g/mol. The lowest BCUT2D eigenvalue weighted by Crippen LogP contribution is -2.21. The summed E-state index contributed by atoms with van der Waals surface area (Å²) in [7, 11) is 0. The number of carbonyl (C=O) groups is 2. The average Bonchev–Trinajstić information content (AvgIpc) is 2.25. The van der Waals surface area contributed by atoms with E-state index in [0.29, 0.717) is 12.0 Å². The molecule has 4 nitrogen and oxygen atoms in total. The van der Waals surface area contributed by atoms with Crippen molar-refractivity contribution in [2.75, 3.05) is 0 Å². The number of benzene rings is 1. The topological polar surface area (TPSA) is 86.2 Å². The SMILES string of the molecule is CC/C(C(N)=O)=C(/C(N)=O)c1ccccc1. The van der Waals surface area contributed by atoms with Gasteiger partial charge in [0.05, 0.1) is 5.57 Å². The molecule has 0 saturated carbocycles. The van der Waals surface area contributed by atoms with Gasteiger partial charge in [-0.15, -0.1) is 0 Å². The van der Waals surface area contributed by atoms with Crippen molar-refractivity contribution >= 4 is 17.4 Å². The Morgan fingerprint density at radius 1 is 1.06 bits per heavy atom. The molecule has 0 spiro atoms. The molecule has 0 unspecified atom stereocenters. The van der Waals surface area contributed by atoms with Gasteiger partial charge in [0.25, 0.3) is 0 Å². The van der Waals surface area contributed by atoms with Crippen LogP contribution >= 0.6 is 0 Å². The van der Waals surface area contributed by atoms with Crippen molar-refractivity contribution in [3.8, 4) is 0 Å². The highest BCUT2D eigenvalue weighted by atomic mass is 16.2. The van der Waals surface area contributed by atoms with E-state index < -0.39 is 11.8 Å². The normalized spacial score (nSPS) is 11.8. The van der Waals surface area contributed by atoms with Crippen LogP contribution in [0.2, 0.25) is 0 Å². The summed E-state index contributed by atoms with van der Waals surface area (Å²) < 4.78 is 0. The molecule has 1 aromatic rings. The third kappa shape index (κ3) is 2.48. The summed E-state index contributed by atoms with van der Waals surface area (Å²) in [5.74, 6) is -1.25. The van der Waals surface area contributed by atoms with E-state index in [1.54, 1.807) is 31.2 Å². The lowest BCUT2D eigenvalue weighted by atomic mass is 9.97. The van der Waals surface area contributed by atoms with Gasteiger partial charge in [-0.25, -0.2) is 0 Å². The van der Waals surface area contributed by atoms with Crippen molar-refractivity contribution < 1.29 is 9.59 Å². The molecule has 1 rings (SSSR count). The molecule has 0 bridgehead atoms. The highest BCUT2D eigenvalue weighted by Gasteiger charge is 2.17. The number of amides is 2. The van der Waals surface area contributed by atoms with Gasteiger partial charge in [0, 0.05) is 5.57 Å². The van der Waals surface area contributed by atoms with Gasteiger partial charge in [-0.3, -0.25) is 9.59 Å². The van der Waals surface area contributed by atoms with Crippen LogP contribution in [-0.2, 0) is 9.59 Å². The van der Waals surface area contributed by atoms with Crippen LogP contribution in [0.1, 0.15) is 18.9 Å². The third-order valence-electron chi connectivity index (χ3n) is 2.26. The standard InChI is InChI=1S/C12H14N2O2/c1-2-9(11(13)15)10(12(14)16)8-6-4-3-5-7-8/h3-7H,2H2,1H3,(H2,13,15)(H2,14,16)/b10-9-. The molecule has 84 valence electrons. The van der Waals surface area contributed by atoms with Crippen molar-refractivity contribution in [1.82, 2.24) is 0 Å². The largest absolute Gasteiger partial charge is 0.366 e. The number of rotatable bonds is 4. The number of primary amides is 2. The fourth-order valence-corrected chi connectivity index (χ4v) is 1.54. The van der Waals surface area contributed by atoms with Gasteiger partial charge in [0.2, 0.25) is 11.8 Å². The first-order valence-corrected chi connectivity index (χ1v) is 4.96. The molecule has 4 N–H and O–H groups in total. The summed E-state index contributed by atoms with van der Waals surface area (Å²) in [6.45, 7) is 1.76. The minimum Gasteiger partial charge on any atom is -0.366 e. The van der Waals surface area contributed by atoms with Crippen LogP contribution < -0.4 is 11.5 Å². The Balaban J connectivity index is 3.40. The van der Waals surface area contributed by atoms with Crippen molar-refractivity contribution in [3.05, 3.63) is 41.5 Å². The second-order valence-electron chi connectivity index (χ2n) is 3.30. The van der Waals surface area contributed by atoms with Crippen molar-refractivity contribution in [2.45, 2.75) is 13.3 Å². The quantitative estimate of drug-likeness (QED) is 0.733. The third-order valence-corrected chi connectivity index (χ3v) is 2.26. The first-order valence-electron chi connectivity index (χ1n) is 4.96. The van der Waals surface area contributed by atoms with E-state index in [4.69, 9.17) is 11.5 Å². The van der Waals surface area contributed by atoms with Crippen LogP contribution in [0.4, 0.5) is 0 Å². The Morgan fingerprint density at radius 2 is 1.62 bits per heavy atom. The second-order valence-corrected chi connectivity index (χ2v) is 3.30. The fraction of sp³-hybridized carbons (Fsp3) is 0.167. The summed E-state index contributed by atoms with van der Waals surface area (Å²) in [5, 5.41) is 0. The van der Waals surface area contributed by atoms with Crippen molar-refractivity contribution in [2.24, 2.45) is 11.5 Å². The molecule has 0 fully saturated rings. The molecule has 0 aliphatic carbocycles. The molecule has 0 atom stereocenters. The summed E-state index contributed by atoms with van der Waals surface area (Å²) in [6.07, 6.45) is 0.377. The molecule has 0 saturated heterocycles. The van der Waals surface area contributed by atoms with Crippen molar-refractivity contribution in [3.63, 3.8) is 0 Å². The van der Waals surface area contributed by atoms with Crippen LogP contribution in [0, 0.1) is 0 Å². The lowest BCUT2D eigenvalue weighted by molar-refractivity contribution is -0.116. The number of nitrogens with two attached hydrogens (primary N) is 2. The zero-order valence-corrected chi connectivity index (χ0v) is 9.07. The van der Waals surface area contributed by atoms with E-state index in [9.17, 15) is 9.59 Å². The van der Waals surface area contributed by atoms with Gasteiger partial charge < -0.3 is 11.5 Å². The Morgan fingerprint density at radius 3 is 2.00 bits per heavy atom. The van der Waals surface area contributed by atoms with Gasteiger partial charge in [0.1, 0.15) is 0 Å². The molecule has 0 aliphatic rings. The molecule has 0 radical (unpaired) electrons. The highest BCUT2D eigenvalue weighted by molar-refractivity contribution is 6.24. The van der Waals surface area contributed by atoms with Gasteiger partial charge in [-0.05, 0) is 12.0 Å². The summed E-state index contributed by atoms with van der Waals surface area (Å²) >= 11 is 0. The van der Waals surface area contributed by atoms with E-state index in [1.807, 2.05) is 6.07 Å². The van der Waals surface area contributed by atoms with Crippen LogP contribution in [0.3, 0.4) is 0 Å². The van der Waals surface area contributed by atoms with Gasteiger partial charge in [-0.1, -0.05) is 37.3 Å². The highest BCUT2D eigenvalue weighted by Crippen LogP contribution is 2.20. The fourth-order valence-electron chi connectivity index (χ4n) is 1.54. The predicted molar refractivity (Wildman–Crippen MR) is 62.0 cm³/mol. The number of hydrogen-bond acceptors (Lipinski definition) is 2. The Hall–Kier alpha value is -2.10. The maximum absolute atomic E-state index is 11.4. The molecule has 1 aromatic carbocycles. The number of carbonyl (C=O) groups excluding carboxylic acids is 2. The van der Waals surface area contributed by atoms with Gasteiger partial charge in [-0.2, -0.15) is 0 Å². The van der Waals surface area contributed by atoms with Crippen LogP contribution in [0.5, 0.6) is 0 Å². The predicted octanol–water partition coefficient (Wildman–Crippen LogP) is 0.821. The molecular weight excluding hydrogens is 204 g/mol. The molecular formula is C12H14N2O2. The zero-order valence-electron chi connectivity index (χ0n) is 9.07. The molecule has 0 heterocycles. The minimum absolute atomic E-state index is 0.204. The monoisotopic (exact) mass is 218 g/mol. The Bertz CT molecular complexity index is 436. The Labute approximate surface area is 93.9 Å². The molecule has 4 heteroatoms. The maximum Gasteiger partial charge on any atom is 0.249 e. The minimum atomic E-state index is -0.637. The maximum atomic E-state index is 11.4. The van der Waals surface area contributed by atoms with E-state index in [2.05, 4.69) is 0 Å². The summed E-state index contributed by atoms with van der Waals surface area (Å²) in [5.41, 5.74) is 11.6. The smallest absolute Gasteiger partial charge is 0.249 e. The van der Waals surface area contributed by atoms with Crippen LogP contribution in [0.25, 0.3) is 5.57 Å². The van der Waals surface area contributed by atoms with Gasteiger partial charge in [0.15, 0.2) is 0 Å².